The molecular weight excluding hydrogens is 228 g/mol. The van der Waals surface area contributed by atoms with Gasteiger partial charge >= 0.3 is 0 Å². The fourth-order valence-corrected chi connectivity index (χ4v) is 3.02. The molecular formula is C14H26N2O2. The van der Waals surface area contributed by atoms with Crippen LogP contribution in [0.15, 0.2) is 0 Å². The first-order chi connectivity index (χ1) is 8.52. The number of hydrogen-bond acceptors (Lipinski definition) is 3. The Morgan fingerprint density at radius 1 is 1.39 bits per heavy atom. The van der Waals surface area contributed by atoms with Crippen molar-refractivity contribution >= 4 is 5.91 Å². The fraction of sp³-hybridized carbons (Fsp3) is 0.929. The summed E-state index contributed by atoms with van der Waals surface area (Å²) in [7, 11) is 1.68. The van der Waals surface area contributed by atoms with Crippen LogP contribution in [0.2, 0.25) is 0 Å². The van der Waals surface area contributed by atoms with Crippen LogP contribution in [0, 0.1) is 5.92 Å². The minimum absolute atomic E-state index is 0.00533. The van der Waals surface area contributed by atoms with Crippen molar-refractivity contribution in [3.8, 4) is 0 Å². The fourth-order valence-electron chi connectivity index (χ4n) is 3.02. The van der Waals surface area contributed by atoms with E-state index in [2.05, 4.69) is 10.6 Å². The molecule has 3 atom stereocenters. The zero-order valence-corrected chi connectivity index (χ0v) is 11.8. The van der Waals surface area contributed by atoms with Gasteiger partial charge in [0.05, 0.1) is 11.6 Å². The van der Waals surface area contributed by atoms with Crippen LogP contribution in [-0.4, -0.2) is 37.2 Å². The molecule has 0 bridgehead atoms. The molecule has 0 aromatic rings. The smallest absolute Gasteiger partial charge is 0.237 e. The lowest BCUT2D eigenvalue weighted by atomic mass is 9.85. The van der Waals surface area contributed by atoms with E-state index < -0.39 is 0 Å². The Bertz CT molecular complexity index is 290. The summed E-state index contributed by atoms with van der Waals surface area (Å²) in [6, 6.07) is 0.579. The molecule has 104 valence electrons. The Kier molecular flexibility index (Phi) is 4.28. The summed E-state index contributed by atoms with van der Waals surface area (Å²) in [5.41, 5.74) is -0.291. The largest absolute Gasteiger partial charge is 0.377 e. The Balaban J connectivity index is 1.80. The lowest BCUT2D eigenvalue weighted by Crippen LogP contribution is -2.47. The van der Waals surface area contributed by atoms with Crippen LogP contribution in [0.3, 0.4) is 0 Å². The highest BCUT2D eigenvalue weighted by molar-refractivity contribution is 5.82. The number of rotatable bonds is 4. The lowest BCUT2D eigenvalue weighted by Gasteiger charge is -2.24. The molecule has 1 saturated carbocycles. The van der Waals surface area contributed by atoms with E-state index in [-0.39, 0.29) is 17.6 Å². The first-order valence-corrected chi connectivity index (χ1v) is 7.11. The molecule has 1 saturated heterocycles. The van der Waals surface area contributed by atoms with Gasteiger partial charge in [-0.25, -0.2) is 0 Å². The van der Waals surface area contributed by atoms with Crippen LogP contribution in [0.5, 0.6) is 0 Å². The second kappa shape index (κ2) is 5.57. The van der Waals surface area contributed by atoms with Gasteiger partial charge in [0.2, 0.25) is 5.91 Å². The summed E-state index contributed by atoms with van der Waals surface area (Å²) in [6.07, 6.45) is 6.15. The van der Waals surface area contributed by atoms with Crippen molar-refractivity contribution in [2.45, 2.75) is 63.6 Å². The molecule has 0 aromatic carbocycles. The average molecular weight is 254 g/mol. The first kappa shape index (κ1) is 13.8. The number of nitrogens with one attached hydrogen (secondary N) is 2. The molecule has 2 rings (SSSR count). The van der Waals surface area contributed by atoms with Crippen LogP contribution in [-0.2, 0) is 9.53 Å². The highest BCUT2D eigenvalue weighted by Crippen LogP contribution is 2.33. The highest BCUT2D eigenvalue weighted by Gasteiger charge is 2.38. The molecule has 4 heteroatoms. The number of hydrogen-bond donors (Lipinski definition) is 2. The molecule has 18 heavy (non-hydrogen) atoms. The van der Waals surface area contributed by atoms with E-state index in [9.17, 15) is 4.79 Å². The summed E-state index contributed by atoms with van der Waals surface area (Å²) in [6.45, 7) is 4.53. The topological polar surface area (TPSA) is 50.4 Å². The van der Waals surface area contributed by atoms with Gasteiger partial charge in [0.15, 0.2) is 0 Å². The lowest BCUT2D eigenvalue weighted by molar-refractivity contribution is -0.124. The van der Waals surface area contributed by atoms with E-state index in [1.54, 1.807) is 7.11 Å². The molecule has 1 heterocycles. The van der Waals surface area contributed by atoms with Crippen LogP contribution >= 0.6 is 0 Å². The van der Waals surface area contributed by atoms with E-state index in [0.29, 0.717) is 18.5 Å². The van der Waals surface area contributed by atoms with Crippen LogP contribution in [0.1, 0.15) is 46.0 Å². The SMILES string of the molecule is COC(C)(C)CNC(=O)C1CC2CCCCC2N1. The van der Waals surface area contributed by atoms with Gasteiger partial charge in [0, 0.05) is 19.7 Å². The highest BCUT2D eigenvalue weighted by atomic mass is 16.5. The second-order valence-electron chi connectivity index (χ2n) is 6.29. The molecule has 0 spiro atoms. The summed E-state index contributed by atoms with van der Waals surface area (Å²) >= 11 is 0. The van der Waals surface area contributed by atoms with Gasteiger partial charge in [0.25, 0.3) is 0 Å². The maximum Gasteiger partial charge on any atom is 0.237 e. The molecule has 0 aromatic heterocycles. The molecule has 4 nitrogen and oxygen atoms in total. The van der Waals surface area contributed by atoms with Crippen LogP contribution in [0.25, 0.3) is 0 Å². The van der Waals surface area contributed by atoms with Crippen LogP contribution in [0.4, 0.5) is 0 Å². The van der Waals surface area contributed by atoms with Gasteiger partial charge in [-0.1, -0.05) is 12.8 Å². The number of ether oxygens (including phenoxy) is 1. The monoisotopic (exact) mass is 254 g/mol. The average Bonchev–Trinajstić information content (AvgIpc) is 2.80. The molecule has 2 aliphatic rings. The Morgan fingerprint density at radius 3 is 2.78 bits per heavy atom. The van der Waals surface area contributed by atoms with E-state index >= 15 is 0 Å². The Hall–Kier alpha value is -0.610. The van der Waals surface area contributed by atoms with Crippen molar-refractivity contribution in [2.24, 2.45) is 5.92 Å². The maximum atomic E-state index is 12.1. The molecule has 1 aliphatic heterocycles. The molecule has 2 fully saturated rings. The van der Waals surface area contributed by atoms with Crippen molar-refractivity contribution in [1.82, 2.24) is 10.6 Å². The molecule has 1 amide bonds. The number of fused-ring (bicyclic) bond motifs is 1. The van der Waals surface area contributed by atoms with Crippen LogP contribution < -0.4 is 10.6 Å². The quantitative estimate of drug-likeness (QED) is 0.798. The zero-order valence-electron chi connectivity index (χ0n) is 11.8. The van der Waals surface area contributed by atoms with E-state index in [1.165, 1.54) is 25.7 Å². The minimum Gasteiger partial charge on any atom is -0.377 e. The third kappa shape index (κ3) is 3.23. The van der Waals surface area contributed by atoms with Crippen molar-refractivity contribution in [3.05, 3.63) is 0 Å². The summed E-state index contributed by atoms with van der Waals surface area (Å²) in [5.74, 6) is 0.847. The summed E-state index contributed by atoms with van der Waals surface area (Å²) in [5, 5.41) is 6.49. The molecule has 1 aliphatic carbocycles. The minimum atomic E-state index is -0.291. The maximum absolute atomic E-state index is 12.1. The molecule has 0 radical (unpaired) electrons. The van der Waals surface area contributed by atoms with Gasteiger partial charge in [-0.05, 0) is 39.0 Å². The predicted octanol–water partition coefficient (Wildman–Crippen LogP) is 1.45. The Morgan fingerprint density at radius 2 is 2.11 bits per heavy atom. The van der Waals surface area contributed by atoms with Crippen molar-refractivity contribution in [2.75, 3.05) is 13.7 Å². The Labute approximate surface area is 110 Å². The zero-order chi connectivity index (χ0) is 13.2. The number of amides is 1. The van der Waals surface area contributed by atoms with Gasteiger partial charge in [-0.3, -0.25) is 4.79 Å². The van der Waals surface area contributed by atoms with E-state index in [0.717, 1.165) is 6.42 Å². The molecule has 3 unspecified atom stereocenters. The summed E-state index contributed by atoms with van der Waals surface area (Å²) < 4.78 is 5.31. The van der Waals surface area contributed by atoms with Gasteiger partial charge in [0.1, 0.15) is 0 Å². The van der Waals surface area contributed by atoms with Gasteiger partial charge < -0.3 is 15.4 Å². The van der Waals surface area contributed by atoms with E-state index in [1.807, 2.05) is 13.8 Å². The molecule has 2 N–H and O–H groups in total. The van der Waals surface area contributed by atoms with Crippen molar-refractivity contribution in [1.29, 1.82) is 0 Å². The number of carbonyl (C=O) groups is 1. The third-order valence-corrected chi connectivity index (χ3v) is 4.42. The van der Waals surface area contributed by atoms with Crippen molar-refractivity contribution in [3.63, 3.8) is 0 Å². The van der Waals surface area contributed by atoms with Gasteiger partial charge in [-0.2, -0.15) is 0 Å². The normalized spacial score (nSPS) is 32.1. The second-order valence-corrected chi connectivity index (χ2v) is 6.29. The standard InChI is InChI=1S/C14H26N2O2/c1-14(2,18-3)9-15-13(17)12-8-10-6-4-5-7-11(10)16-12/h10-12,16H,4-9H2,1-3H3,(H,15,17). The summed E-state index contributed by atoms with van der Waals surface area (Å²) in [4.78, 5) is 12.1. The first-order valence-electron chi connectivity index (χ1n) is 7.11. The van der Waals surface area contributed by atoms with Crippen molar-refractivity contribution < 1.29 is 9.53 Å². The third-order valence-electron chi connectivity index (χ3n) is 4.42. The number of methoxy groups -OCH3 is 1. The van der Waals surface area contributed by atoms with E-state index in [4.69, 9.17) is 4.74 Å². The van der Waals surface area contributed by atoms with Gasteiger partial charge in [-0.15, -0.1) is 0 Å². The predicted molar refractivity (Wildman–Crippen MR) is 71.4 cm³/mol. The number of carbonyl (C=O) groups excluding carboxylic acids is 1.